The Labute approximate surface area is 149 Å². The lowest BCUT2D eigenvalue weighted by Crippen LogP contribution is -2.21. The Balaban J connectivity index is 1.46. The van der Waals surface area contributed by atoms with Crippen molar-refractivity contribution in [3.63, 3.8) is 0 Å². The van der Waals surface area contributed by atoms with Crippen LogP contribution in [0.3, 0.4) is 0 Å². The molecule has 2 aromatic heterocycles. The molecule has 0 unspecified atom stereocenters. The summed E-state index contributed by atoms with van der Waals surface area (Å²) in [5, 5.41) is 3.03. The van der Waals surface area contributed by atoms with E-state index in [1.54, 1.807) is 6.07 Å². The van der Waals surface area contributed by atoms with Gasteiger partial charge < -0.3 is 0 Å². The SMILES string of the molecule is O=c1cc(CN2Cc3ccccc3C2)nc2nc(-c3ccccc3)[nH]n12. The third kappa shape index (κ3) is 2.60. The van der Waals surface area contributed by atoms with Crippen molar-refractivity contribution in [1.82, 2.24) is 24.5 Å². The minimum absolute atomic E-state index is 0.142. The monoisotopic (exact) mass is 343 g/mol. The van der Waals surface area contributed by atoms with Gasteiger partial charge in [-0.1, -0.05) is 54.6 Å². The largest absolute Gasteiger partial charge is 0.289 e. The highest BCUT2D eigenvalue weighted by Gasteiger charge is 2.19. The van der Waals surface area contributed by atoms with E-state index in [0.29, 0.717) is 18.1 Å². The minimum Gasteiger partial charge on any atom is -0.289 e. The van der Waals surface area contributed by atoms with E-state index < -0.39 is 0 Å². The maximum Gasteiger partial charge on any atom is 0.274 e. The lowest BCUT2D eigenvalue weighted by Gasteiger charge is -2.13. The fourth-order valence-corrected chi connectivity index (χ4v) is 3.48. The maximum atomic E-state index is 12.5. The lowest BCUT2D eigenvalue weighted by molar-refractivity contribution is 0.272. The molecule has 2 aromatic carbocycles. The Kier molecular flexibility index (Phi) is 3.43. The van der Waals surface area contributed by atoms with Crippen LogP contribution < -0.4 is 5.56 Å². The molecule has 0 amide bonds. The van der Waals surface area contributed by atoms with Gasteiger partial charge in [-0.15, -0.1) is 0 Å². The second kappa shape index (κ2) is 5.93. The van der Waals surface area contributed by atoms with Crippen molar-refractivity contribution in [3.8, 4) is 11.4 Å². The zero-order chi connectivity index (χ0) is 17.5. The highest BCUT2D eigenvalue weighted by atomic mass is 16.1. The zero-order valence-corrected chi connectivity index (χ0v) is 14.1. The van der Waals surface area contributed by atoms with Crippen molar-refractivity contribution >= 4 is 5.78 Å². The van der Waals surface area contributed by atoms with Crippen LogP contribution in [0, 0.1) is 0 Å². The summed E-state index contributed by atoms with van der Waals surface area (Å²) in [7, 11) is 0. The Hall–Kier alpha value is -3.25. The van der Waals surface area contributed by atoms with E-state index in [0.717, 1.165) is 24.3 Å². The Morgan fingerprint density at radius 1 is 0.923 bits per heavy atom. The number of nitrogens with zero attached hydrogens (tertiary/aromatic N) is 4. The quantitative estimate of drug-likeness (QED) is 0.621. The molecule has 26 heavy (non-hydrogen) atoms. The molecule has 128 valence electrons. The van der Waals surface area contributed by atoms with Crippen LogP contribution >= 0.6 is 0 Å². The number of benzene rings is 2. The topological polar surface area (TPSA) is 66.3 Å². The third-order valence-electron chi connectivity index (χ3n) is 4.72. The van der Waals surface area contributed by atoms with Gasteiger partial charge in [0.2, 0.25) is 0 Å². The molecule has 3 heterocycles. The summed E-state index contributed by atoms with van der Waals surface area (Å²) in [6, 6.07) is 19.7. The summed E-state index contributed by atoms with van der Waals surface area (Å²) >= 11 is 0. The molecule has 0 aliphatic carbocycles. The van der Waals surface area contributed by atoms with Crippen molar-refractivity contribution in [1.29, 1.82) is 0 Å². The molecular formula is C20H17N5O. The second-order valence-corrected chi connectivity index (χ2v) is 6.57. The predicted octanol–water partition coefficient (Wildman–Crippen LogP) is 2.60. The summed E-state index contributed by atoms with van der Waals surface area (Å²) in [5.41, 5.74) is 4.21. The van der Waals surface area contributed by atoms with Gasteiger partial charge in [0, 0.05) is 31.3 Å². The van der Waals surface area contributed by atoms with Crippen LogP contribution in [0.4, 0.5) is 0 Å². The zero-order valence-electron chi connectivity index (χ0n) is 14.1. The number of rotatable bonds is 3. The first kappa shape index (κ1) is 15.0. The number of hydrogen-bond acceptors (Lipinski definition) is 4. The molecule has 0 bridgehead atoms. The first-order valence-corrected chi connectivity index (χ1v) is 8.59. The van der Waals surface area contributed by atoms with Crippen LogP contribution in [0.5, 0.6) is 0 Å². The highest BCUT2D eigenvalue weighted by Crippen LogP contribution is 2.23. The number of nitrogens with one attached hydrogen (secondary N) is 1. The Morgan fingerprint density at radius 3 is 2.35 bits per heavy atom. The fourth-order valence-electron chi connectivity index (χ4n) is 3.48. The molecule has 0 radical (unpaired) electrons. The molecule has 6 heteroatoms. The van der Waals surface area contributed by atoms with E-state index >= 15 is 0 Å². The molecule has 1 aliphatic rings. The minimum atomic E-state index is -0.142. The van der Waals surface area contributed by atoms with Gasteiger partial charge in [0.25, 0.3) is 11.3 Å². The van der Waals surface area contributed by atoms with Crippen LogP contribution in [0.2, 0.25) is 0 Å². The van der Waals surface area contributed by atoms with E-state index in [-0.39, 0.29) is 5.56 Å². The van der Waals surface area contributed by atoms with E-state index in [4.69, 9.17) is 0 Å². The van der Waals surface area contributed by atoms with Crippen molar-refractivity contribution in [2.24, 2.45) is 0 Å². The molecule has 4 aromatic rings. The molecule has 0 fully saturated rings. The summed E-state index contributed by atoms with van der Waals surface area (Å²) < 4.78 is 1.39. The molecule has 1 aliphatic heterocycles. The van der Waals surface area contributed by atoms with Crippen molar-refractivity contribution in [2.75, 3.05) is 0 Å². The van der Waals surface area contributed by atoms with Gasteiger partial charge >= 0.3 is 0 Å². The van der Waals surface area contributed by atoms with E-state index in [1.165, 1.54) is 15.6 Å². The summed E-state index contributed by atoms with van der Waals surface area (Å²) in [6.07, 6.45) is 0. The van der Waals surface area contributed by atoms with E-state index in [9.17, 15) is 4.79 Å². The average molecular weight is 343 g/mol. The fraction of sp³-hybridized carbons (Fsp3) is 0.150. The number of H-pyrrole nitrogens is 1. The molecule has 0 saturated heterocycles. The van der Waals surface area contributed by atoms with E-state index in [1.807, 2.05) is 30.3 Å². The van der Waals surface area contributed by atoms with Crippen LogP contribution in [-0.2, 0) is 19.6 Å². The first-order chi connectivity index (χ1) is 12.8. The first-order valence-electron chi connectivity index (χ1n) is 8.59. The van der Waals surface area contributed by atoms with Gasteiger partial charge in [-0.05, 0) is 11.1 Å². The molecule has 1 N–H and O–H groups in total. The molecule has 6 nitrogen and oxygen atoms in total. The van der Waals surface area contributed by atoms with Gasteiger partial charge in [-0.3, -0.25) is 14.8 Å². The third-order valence-corrected chi connectivity index (χ3v) is 4.72. The van der Waals surface area contributed by atoms with E-state index in [2.05, 4.69) is 44.2 Å². The normalized spacial score (nSPS) is 14.0. The molecule has 0 atom stereocenters. The number of aromatic nitrogens is 4. The molecule has 5 rings (SSSR count). The van der Waals surface area contributed by atoms with Crippen LogP contribution in [0.15, 0.2) is 65.5 Å². The highest BCUT2D eigenvalue weighted by molar-refractivity contribution is 5.56. The Morgan fingerprint density at radius 2 is 1.62 bits per heavy atom. The smallest absolute Gasteiger partial charge is 0.274 e. The van der Waals surface area contributed by atoms with Crippen LogP contribution in [0.25, 0.3) is 17.2 Å². The number of hydrogen-bond donors (Lipinski definition) is 1. The average Bonchev–Trinajstić information content (AvgIpc) is 3.26. The summed E-state index contributed by atoms with van der Waals surface area (Å²) in [5.74, 6) is 1.05. The molecular weight excluding hydrogens is 326 g/mol. The summed E-state index contributed by atoms with van der Waals surface area (Å²) in [4.78, 5) is 23.8. The number of aromatic amines is 1. The second-order valence-electron chi connectivity index (χ2n) is 6.57. The van der Waals surface area contributed by atoms with Crippen molar-refractivity contribution in [3.05, 3.63) is 87.8 Å². The molecule has 0 spiro atoms. The molecule has 0 saturated carbocycles. The number of fused-ring (bicyclic) bond motifs is 2. The lowest BCUT2D eigenvalue weighted by atomic mass is 10.1. The summed E-state index contributed by atoms with van der Waals surface area (Å²) in [6.45, 7) is 2.40. The van der Waals surface area contributed by atoms with Crippen molar-refractivity contribution < 1.29 is 0 Å². The van der Waals surface area contributed by atoms with Gasteiger partial charge in [0.05, 0.1) is 5.69 Å². The maximum absolute atomic E-state index is 12.5. The van der Waals surface area contributed by atoms with Crippen molar-refractivity contribution in [2.45, 2.75) is 19.6 Å². The van der Waals surface area contributed by atoms with Gasteiger partial charge in [0.15, 0.2) is 5.82 Å². The van der Waals surface area contributed by atoms with Crippen LogP contribution in [0.1, 0.15) is 16.8 Å². The van der Waals surface area contributed by atoms with Crippen LogP contribution in [-0.4, -0.2) is 24.5 Å². The van der Waals surface area contributed by atoms with Gasteiger partial charge in [0.1, 0.15) is 0 Å². The van der Waals surface area contributed by atoms with Gasteiger partial charge in [-0.25, -0.2) is 4.98 Å². The predicted molar refractivity (Wildman–Crippen MR) is 98.4 cm³/mol. The van der Waals surface area contributed by atoms with Gasteiger partial charge in [-0.2, -0.15) is 9.50 Å². The standard InChI is InChI=1S/C20H17N5O/c26-18-10-17(13-24-11-15-8-4-5-9-16(15)12-24)21-20-22-19(23-25(18)20)14-6-2-1-3-7-14/h1-10H,11-13H2,(H,21,22,23). The Bertz CT molecular complexity index is 1120.